The molecule has 0 aromatic heterocycles. The summed E-state index contributed by atoms with van der Waals surface area (Å²) in [4.78, 5) is 0. The molecular formula is C13H13NO. The van der Waals surface area contributed by atoms with E-state index in [-0.39, 0.29) is 5.41 Å². The number of ether oxygens (including phenoxy) is 1. The van der Waals surface area contributed by atoms with Crippen LogP contribution in [0.25, 0.3) is 0 Å². The number of nitrogens with zero attached hydrogens (tertiary/aromatic N) is 1. The minimum Gasteiger partial charge on any atom is -0.377 e. The van der Waals surface area contributed by atoms with E-state index in [4.69, 9.17) is 4.74 Å². The zero-order valence-corrected chi connectivity index (χ0v) is 8.62. The summed E-state index contributed by atoms with van der Waals surface area (Å²) in [5.74, 6) is 0. The summed E-state index contributed by atoms with van der Waals surface area (Å²) in [6.07, 6.45) is 3.63. The van der Waals surface area contributed by atoms with Crippen LogP contribution in [-0.2, 0) is 23.0 Å². The smallest absolute Gasteiger partial charge is 0.129 e. The summed E-state index contributed by atoms with van der Waals surface area (Å²) in [6, 6.07) is 8.91. The van der Waals surface area contributed by atoms with Gasteiger partial charge in [0.2, 0.25) is 0 Å². The van der Waals surface area contributed by atoms with Gasteiger partial charge in [0.1, 0.15) is 5.41 Å². The van der Waals surface area contributed by atoms with E-state index in [1.165, 1.54) is 30.4 Å². The summed E-state index contributed by atoms with van der Waals surface area (Å²) in [7, 11) is 0. The van der Waals surface area contributed by atoms with Crippen LogP contribution in [0.4, 0.5) is 0 Å². The molecule has 1 saturated heterocycles. The lowest BCUT2D eigenvalue weighted by Gasteiger charge is -2.35. The maximum absolute atomic E-state index is 9.21. The first-order chi connectivity index (χ1) is 7.34. The third-order valence-corrected chi connectivity index (χ3v) is 3.56. The van der Waals surface area contributed by atoms with Crippen LogP contribution in [0.1, 0.15) is 23.1 Å². The predicted molar refractivity (Wildman–Crippen MR) is 56.6 cm³/mol. The summed E-state index contributed by atoms with van der Waals surface area (Å²) >= 11 is 0. The Morgan fingerprint density at radius 2 is 2.00 bits per heavy atom. The van der Waals surface area contributed by atoms with Crippen LogP contribution >= 0.6 is 0 Å². The third-order valence-electron chi connectivity index (χ3n) is 3.56. The SMILES string of the molecule is N#CC1(c2ccc3c(c2)CCC3)COC1. The minimum atomic E-state index is -0.350. The van der Waals surface area contributed by atoms with Gasteiger partial charge in [-0.2, -0.15) is 5.26 Å². The van der Waals surface area contributed by atoms with Crippen molar-refractivity contribution in [1.29, 1.82) is 5.26 Å². The van der Waals surface area contributed by atoms with E-state index >= 15 is 0 Å². The second kappa shape index (κ2) is 3.08. The van der Waals surface area contributed by atoms with Crippen LogP contribution in [0.2, 0.25) is 0 Å². The van der Waals surface area contributed by atoms with Gasteiger partial charge in [-0.1, -0.05) is 18.2 Å². The van der Waals surface area contributed by atoms with Gasteiger partial charge in [0, 0.05) is 0 Å². The highest BCUT2D eigenvalue weighted by Gasteiger charge is 2.41. The minimum absolute atomic E-state index is 0.350. The Labute approximate surface area is 89.5 Å². The Kier molecular flexibility index (Phi) is 1.83. The largest absolute Gasteiger partial charge is 0.377 e. The second-order valence-corrected chi connectivity index (χ2v) is 4.52. The topological polar surface area (TPSA) is 33.0 Å². The fraction of sp³-hybridized carbons (Fsp3) is 0.462. The van der Waals surface area contributed by atoms with Crippen LogP contribution in [0.5, 0.6) is 0 Å². The normalized spacial score (nSPS) is 21.5. The van der Waals surface area contributed by atoms with Crippen LogP contribution in [0.3, 0.4) is 0 Å². The zero-order chi connectivity index (χ0) is 10.3. The molecule has 1 aromatic rings. The molecule has 15 heavy (non-hydrogen) atoms. The van der Waals surface area contributed by atoms with Crippen molar-refractivity contribution in [3.05, 3.63) is 34.9 Å². The molecule has 0 amide bonds. The molecule has 76 valence electrons. The molecule has 0 unspecified atom stereocenters. The lowest BCUT2D eigenvalue weighted by atomic mass is 9.79. The van der Waals surface area contributed by atoms with E-state index < -0.39 is 0 Å². The van der Waals surface area contributed by atoms with Gasteiger partial charge >= 0.3 is 0 Å². The first-order valence-corrected chi connectivity index (χ1v) is 5.45. The molecule has 1 heterocycles. The van der Waals surface area contributed by atoms with E-state index in [1.54, 1.807) is 0 Å². The maximum Gasteiger partial charge on any atom is 0.129 e. The van der Waals surface area contributed by atoms with E-state index in [9.17, 15) is 5.26 Å². The van der Waals surface area contributed by atoms with E-state index in [2.05, 4.69) is 24.3 Å². The van der Waals surface area contributed by atoms with Crippen LogP contribution in [0, 0.1) is 11.3 Å². The van der Waals surface area contributed by atoms with Crippen molar-refractivity contribution in [3.63, 3.8) is 0 Å². The molecular weight excluding hydrogens is 186 g/mol. The molecule has 0 radical (unpaired) electrons. The first-order valence-electron chi connectivity index (χ1n) is 5.45. The molecule has 2 nitrogen and oxygen atoms in total. The van der Waals surface area contributed by atoms with Gasteiger partial charge in [0.15, 0.2) is 0 Å². The molecule has 2 aliphatic rings. The zero-order valence-electron chi connectivity index (χ0n) is 8.62. The number of aryl methyl sites for hydroxylation is 2. The lowest BCUT2D eigenvalue weighted by Crippen LogP contribution is -2.45. The van der Waals surface area contributed by atoms with Crippen LogP contribution in [-0.4, -0.2) is 13.2 Å². The van der Waals surface area contributed by atoms with Gasteiger partial charge in [-0.3, -0.25) is 0 Å². The van der Waals surface area contributed by atoms with Crippen molar-refractivity contribution in [2.45, 2.75) is 24.7 Å². The fourth-order valence-corrected chi connectivity index (χ4v) is 2.47. The van der Waals surface area contributed by atoms with E-state index in [1.807, 2.05) is 0 Å². The molecule has 0 N–H and O–H groups in total. The summed E-state index contributed by atoms with van der Waals surface area (Å²) in [5, 5.41) is 9.21. The van der Waals surface area contributed by atoms with Crippen molar-refractivity contribution in [2.75, 3.05) is 13.2 Å². The molecule has 0 atom stereocenters. The molecule has 0 saturated carbocycles. The maximum atomic E-state index is 9.21. The number of benzene rings is 1. The number of fused-ring (bicyclic) bond motifs is 1. The van der Waals surface area contributed by atoms with Gasteiger partial charge in [-0.05, 0) is 36.0 Å². The Hall–Kier alpha value is -1.33. The second-order valence-electron chi connectivity index (χ2n) is 4.52. The van der Waals surface area contributed by atoms with Crippen molar-refractivity contribution < 1.29 is 4.74 Å². The van der Waals surface area contributed by atoms with Crippen molar-refractivity contribution in [1.82, 2.24) is 0 Å². The molecule has 0 bridgehead atoms. The summed E-state index contributed by atoms with van der Waals surface area (Å²) < 4.78 is 5.18. The van der Waals surface area contributed by atoms with Crippen molar-refractivity contribution in [2.24, 2.45) is 0 Å². The monoisotopic (exact) mass is 199 g/mol. The number of hydrogen-bond donors (Lipinski definition) is 0. The van der Waals surface area contributed by atoms with Crippen molar-refractivity contribution in [3.8, 4) is 6.07 Å². The highest BCUT2D eigenvalue weighted by Crippen LogP contribution is 2.34. The quantitative estimate of drug-likeness (QED) is 0.692. The third kappa shape index (κ3) is 1.20. The summed E-state index contributed by atoms with van der Waals surface area (Å²) in [6.45, 7) is 1.12. The lowest BCUT2D eigenvalue weighted by molar-refractivity contribution is -0.0298. The summed E-state index contributed by atoms with van der Waals surface area (Å²) in [5.41, 5.74) is 3.70. The molecule has 1 aromatic carbocycles. The van der Waals surface area contributed by atoms with Gasteiger partial charge in [-0.25, -0.2) is 0 Å². The molecule has 1 fully saturated rings. The van der Waals surface area contributed by atoms with Gasteiger partial charge in [0.05, 0.1) is 19.3 Å². The highest BCUT2D eigenvalue weighted by molar-refractivity contribution is 5.42. The average molecular weight is 199 g/mol. The van der Waals surface area contributed by atoms with Crippen molar-refractivity contribution >= 4 is 0 Å². The average Bonchev–Trinajstić information content (AvgIpc) is 2.64. The van der Waals surface area contributed by atoms with Gasteiger partial charge < -0.3 is 4.74 Å². The Bertz CT molecular complexity index is 440. The van der Waals surface area contributed by atoms with Crippen LogP contribution < -0.4 is 0 Å². The Morgan fingerprint density at radius 3 is 2.67 bits per heavy atom. The Morgan fingerprint density at radius 1 is 1.20 bits per heavy atom. The molecule has 1 aliphatic carbocycles. The van der Waals surface area contributed by atoms with Crippen LogP contribution in [0.15, 0.2) is 18.2 Å². The number of hydrogen-bond acceptors (Lipinski definition) is 2. The number of rotatable bonds is 1. The van der Waals surface area contributed by atoms with E-state index in [0.29, 0.717) is 13.2 Å². The molecule has 1 aliphatic heterocycles. The fourth-order valence-electron chi connectivity index (χ4n) is 2.47. The predicted octanol–water partition coefficient (Wildman–Crippen LogP) is 1.97. The molecule has 3 rings (SSSR count). The van der Waals surface area contributed by atoms with Gasteiger partial charge in [0.25, 0.3) is 0 Å². The standard InChI is InChI=1S/C13H13NO/c14-7-13(8-15-9-13)12-5-4-10-2-1-3-11(10)6-12/h4-6H,1-3,8-9H2. The van der Waals surface area contributed by atoms with E-state index in [0.717, 1.165) is 5.56 Å². The highest BCUT2D eigenvalue weighted by atomic mass is 16.5. The number of nitriles is 1. The first kappa shape index (κ1) is 8.94. The Balaban J connectivity index is 2.03. The molecule has 0 spiro atoms. The van der Waals surface area contributed by atoms with Gasteiger partial charge in [-0.15, -0.1) is 0 Å². The molecule has 2 heteroatoms.